The van der Waals surface area contributed by atoms with Crippen LogP contribution in [0, 0.1) is 0 Å². The molecule has 0 aliphatic carbocycles. The van der Waals surface area contributed by atoms with Gasteiger partial charge in [0.15, 0.2) is 0 Å². The highest BCUT2D eigenvalue weighted by Gasteiger charge is 2.51. The van der Waals surface area contributed by atoms with E-state index in [1.807, 2.05) is 12.1 Å². The van der Waals surface area contributed by atoms with Crippen LogP contribution in [0.2, 0.25) is 0 Å². The second-order valence-electron chi connectivity index (χ2n) is 7.43. The van der Waals surface area contributed by atoms with E-state index in [1.165, 1.54) is 16.7 Å². The maximum absolute atomic E-state index is 12.7. The fourth-order valence-corrected chi connectivity index (χ4v) is 4.78. The number of alkyl halides is 3. The largest absolute Gasteiger partial charge is 0.490 e. The highest BCUT2D eigenvalue weighted by Crippen LogP contribution is 2.40. The van der Waals surface area contributed by atoms with Gasteiger partial charge in [0, 0.05) is 36.8 Å². The van der Waals surface area contributed by atoms with E-state index >= 15 is 0 Å². The first-order valence-electron chi connectivity index (χ1n) is 9.77. The van der Waals surface area contributed by atoms with E-state index in [0.717, 1.165) is 5.56 Å². The minimum absolute atomic E-state index is 0.0588. The first-order valence-corrected chi connectivity index (χ1v) is 10.8. The molecule has 2 saturated heterocycles. The van der Waals surface area contributed by atoms with E-state index in [-0.39, 0.29) is 17.0 Å². The van der Waals surface area contributed by atoms with E-state index < -0.39 is 30.1 Å². The van der Waals surface area contributed by atoms with Gasteiger partial charge in [-0.1, -0.05) is 6.07 Å². The van der Waals surface area contributed by atoms with Gasteiger partial charge in [-0.2, -0.15) is 13.2 Å². The van der Waals surface area contributed by atoms with Crippen LogP contribution in [0.1, 0.15) is 12.0 Å². The molecule has 4 heterocycles. The number of amides is 2. The lowest BCUT2D eigenvalue weighted by atomic mass is 10.0. The summed E-state index contributed by atoms with van der Waals surface area (Å²) in [5, 5.41) is 16.4. The Morgan fingerprint density at radius 2 is 1.97 bits per heavy atom. The molecule has 1 aromatic rings. The molecule has 182 valence electrons. The van der Waals surface area contributed by atoms with Crippen molar-refractivity contribution >= 4 is 35.5 Å². The lowest BCUT2D eigenvalue weighted by Crippen LogP contribution is -2.68. The lowest BCUT2D eigenvalue weighted by molar-refractivity contribution is -0.192. The number of nitrogens with two attached hydrogens (primary N) is 1. The Hall–Kier alpha value is -3.39. The Balaban J connectivity index is 0.000000406. The van der Waals surface area contributed by atoms with E-state index in [2.05, 4.69) is 4.98 Å². The fraction of sp³-hybridized carbons (Fsp3) is 0.350. The normalized spacial score (nSPS) is 23.4. The molecule has 4 N–H and O–H groups in total. The molecule has 1 aromatic heterocycles. The molecule has 10 nitrogen and oxygen atoms in total. The number of nitrogens with zero attached hydrogens (tertiary/aromatic N) is 3. The molecule has 4 rings (SSSR count). The number of carboxylic acid groups (broad SMARTS) is 2. The Morgan fingerprint density at radius 1 is 1.29 bits per heavy atom. The second-order valence-corrected chi connectivity index (χ2v) is 8.53. The fourth-order valence-electron chi connectivity index (χ4n) is 3.52. The molecule has 2 atom stereocenters. The summed E-state index contributed by atoms with van der Waals surface area (Å²) in [6, 6.07) is 3.06. The zero-order valence-electron chi connectivity index (χ0n) is 17.4. The number of allylic oxidation sites excluding steroid dienone is 1. The number of thioether (sulfide) groups is 1. The number of aromatic nitrogens is 1. The van der Waals surface area contributed by atoms with Crippen LogP contribution in [-0.4, -0.2) is 78.6 Å². The molecule has 14 heteroatoms. The van der Waals surface area contributed by atoms with Gasteiger partial charge in [0.25, 0.3) is 0 Å². The SMILES string of the molecule is N[C@@H]1C(=O)N2C(C(=O)O)=C(/C=C3\CCN(Cc4cccnc4)C3=O)CS[C@H]12.O=C(O)C(F)(F)F. The number of pyridine rings is 1. The number of carboxylic acids is 2. The van der Waals surface area contributed by atoms with Crippen LogP contribution in [0.15, 0.2) is 47.4 Å². The van der Waals surface area contributed by atoms with Crippen LogP contribution >= 0.6 is 11.8 Å². The maximum atomic E-state index is 12.7. The summed E-state index contributed by atoms with van der Waals surface area (Å²) in [6.07, 6.45) is 0.487. The van der Waals surface area contributed by atoms with Gasteiger partial charge in [-0.25, -0.2) is 9.59 Å². The van der Waals surface area contributed by atoms with Crippen molar-refractivity contribution in [3.05, 3.63) is 53.0 Å². The van der Waals surface area contributed by atoms with Crippen molar-refractivity contribution in [2.24, 2.45) is 5.73 Å². The summed E-state index contributed by atoms with van der Waals surface area (Å²) in [5.41, 5.74) is 7.67. The molecule has 0 saturated carbocycles. The van der Waals surface area contributed by atoms with Crippen LogP contribution in [0.3, 0.4) is 0 Å². The Morgan fingerprint density at radius 3 is 2.53 bits per heavy atom. The number of carbonyl (C=O) groups excluding carboxylic acids is 2. The third kappa shape index (κ3) is 5.22. The van der Waals surface area contributed by atoms with Gasteiger partial charge in [0.05, 0.1) is 0 Å². The summed E-state index contributed by atoms with van der Waals surface area (Å²) in [6.45, 7) is 1.03. The van der Waals surface area contributed by atoms with Crippen molar-refractivity contribution in [1.29, 1.82) is 0 Å². The van der Waals surface area contributed by atoms with Gasteiger partial charge in [-0.15, -0.1) is 11.8 Å². The highest BCUT2D eigenvalue weighted by atomic mass is 32.2. The first-order chi connectivity index (χ1) is 15.9. The van der Waals surface area contributed by atoms with Crippen molar-refractivity contribution in [3.63, 3.8) is 0 Å². The molecule has 2 fully saturated rings. The van der Waals surface area contributed by atoms with Gasteiger partial charge in [-0.3, -0.25) is 19.5 Å². The average Bonchev–Trinajstić information content (AvgIpc) is 3.12. The van der Waals surface area contributed by atoms with Crippen LogP contribution in [0.4, 0.5) is 13.2 Å². The number of likely N-dealkylation sites (tertiary alicyclic amines) is 1. The smallest absolute Gasteiger partial charge is 0.477 e. The number of hydrogen-bond acceptors (Lipinski definition) is 7. The number of aliphatic carboxylic acids is 2. The van der Waals surface area contributed by atoms with Crippen LogP contribution in [0.5, 0.6) is 0 Å². The molecule has 0 unspecified atom stereocenters. The molecule has 2 amide bonds. The van der Waals surface area contributed by atoms with Crippen molar-refractivity contribution < 1.29 is 42.6 Å². The summed E-state index contributed by atoms with van der Waals surface area (Å²) in [4.78, 5) is 52.3. The van der Waals surface area contributed by atoms with Crippen LogP contribution in [0.25, 0.3) is 0 Å². The summed E-state index contributed by atoms with van der Waals surface area (Å²) >= 11 is 1.42. The number of carbonyl (C=O) groups is 4. The molecule has 0 spiro atoms. The molecule has 34 heavy (non-hydrogen) atoms. The van der Waals surface area contributed by atoms with Crippen molar-refractivity contribution in [2.75, 3.05) is 12.3 Å². The minimum Gasteiger partial charge on any atom is -0.477 e. The van der Waals surface area contributed by atoms with Crippen molar-refractivity contribution in [2.45, 2.75) is 30.6 Å². The topological polar surface area (TPSA) is 154 Å². The summed E-state index contributed by atoms with van der Waals surface area (Å²) < 4.78 is 31.7. The molecule has 0 aromatic carbocycles. The third-order valence-corrected chi connectivity index (χ3v) is 6.46. The van der Waals surface area contributed by atoms with E-state index in [9.17, 15) is 32.7 Å². The van der Waals surface area contributed by atoms with Gasteiger partial charge in [-0.05, 0) is 29.7 Å². The van der Waals surface area contributed by atoms with Gasteiger partial charge in [0.2, 0.25) is 11.8 Å². The Bertz CT molecular complexity index is 1080. The first kappa shape index (κ1) is 25.2. The number of rotatable bonds is 4. The molecule has 0 bridgehead atoms. The van der Waals surface area contributed by atoms with Crippen molar-refractivity contribution in [1.82, 2.24) is 14.8 Å². The second kappa shape index (κ2) is 9.85. The lowest BCUT2D eigenvalue weighted by Gasteiger charge is -2.47. The van der Waals surface area contributed by atoms with Crippen LogP contribution in [-0.2, 0) is 25.7 Å². The van der Waals surface area contributed by atoms with Crippen molar-refractivity contribution in [3.8, 4) is 0 Å². The summed E-state index contributed by atoms with van der Waals surface area (Å²) in [7, 11) is 0. The minimum atomic E-state index is -5.08. The molecule has 0 radical (unpaired) electrons. The Labute approximate surface area is 194 Å². The summed E-state index contributed by atoms with van der Waals surface area (Å²) in [5.74, 6) is -4.03. The number of fused-ring (bicyclic) bond motifs is 1. The number of hydrogen-bond donors (Lipinski definition) is 3. The maximum Gasteiger partial charge on any atom is 0.490 e. The molecule has 3 aliphatic heterocycles. The number of β-lactam (4-membered cyclic amide) rings is 1. The van der Waals surface area contributed by atoms with E-state index in [0.29, 0.717) is 36.4 Å². The van der Waals surface area contributed by atoms with Gasteiger partial charge < -0.3 is 20.8 Å². The standard InChI is InChI=1S/C18H18N4O4S.C2HF3O2/c19-13-16(24)22-14(18(25)26)12(9-27-17(13)22)6-11-3-5-21(15(11)23)8-10-2-1-4-20-7-10;3-2(4,5)1(6)7/h1-2,4,6-7,13,17H,3,5,8-9,19H2,(H,25,26);(H,6,7)/b11-6+;/t13-,17-;/m1./s1. The molecular weight excluding hydrogens is 481 g/mol. The average molecular weight is 500 g/mol. The van der Waals surface area contributed by atoms with Gasteiger partial charge >= 0.3 is 18.1 Å². The predicted octanol–water partition coefficient (Wildman–Crippen LogP) is 0.955. The van der Waals surface area contributed by atoms with Crippen LogP contribution < -0.4 is 5.73 Å². The zero-order chi connectivity index (χ0) is 25.2. The quantitative estimate of drug-likeness (QED) is 0.405. The molecular formula is C20H19F3N4O6S. The van der Waals surface area contributed by atoms with E-state index in [4.69, 9.17) is 15.6 Å². The van der Waals surface area contributed by atoms with E-state index in [1.54, 1.807) is 23.4 Å². The zero-order valence-corrected chi connectivity index (χ0v) is 18.2. The third-order valence-electron chi connectivity index (χ3n) is 5.14. The van der Waals surface area contributed by atoms with Gasteiger partial charge in [0.1, 0.15) is 17.1 Å². The Kier molecular flexibility index (Phi) is 7.31. The number of halogens is 3. The molecule has 3 aliphatic rings. The highest BCUT2D eigenvalue weighted by molar-refractivity contribution is 8.00. The predicted molar refractivity (Wildman–Crippen MR) is 112 cm³/mol. The monoisotopic (exact) mass is 500 g/mol.